The first-order valence-electron chi connectivity index (χ1n) is 7.17. The van der Waals surface area contributed by atoms with Crippen LogP contribution in [-0.2, 0) is 0 Å². The Kier molecular flexibility index (Phi) is 4.78. The predicted molar refractivity (Wildman–Crippen MR) is 80.1 cm³/mol. The largest absolute Gasteiger partial charge is 0.345 e. The Bertz CT molecular complexity index is 456. The SMILES string of the molecule is CN(C)C(=O)c1ccccc1/C=C/C1CCCCC1. The molecule has 0 saturated heterocycles. The number of rotatable bonds is 3. The molecule has 0 aromatic heterocycles. The molecule has 1 aliphatic carbocycles. The highest BCUT2D eigenvalue weighted by molar-refractivity contribution is 5.97. The van der Waals surface area contributed by atoms with E-state index in [1.807, 2.05) is 24.3 Å². The third kappa shape index (κ3) is 3.69. The summed E-state index contributed by atoms with van der Waals surface area (Å²) in [7, 11) is 3.59. The van der Waals surface area contributed by atoms with E-state index in [4.69, 9.17) is 0 Å². The van der Waals surface area contributed by atoms with Gasteiger partial charge in [0.05, 0.1) is 0 Å². The lowest BCUT2D eigenvalue weighted by Crippen LogP contribution is -2.22. The lowest BCUT2D eigenvalue weighted by molar-refractivity contribution is 0.0827. The van der Waals surface area contributed by atoms with E-state index in [0.29, 0.717) is 5.92 Å². The van der Waals surface area contributed by atoms with E-state index >= 15 is 0 Å². The van der Waals surface area contributed by atoms with Crippen molar-refractivity contribution in [1.82, 2.24) is 4.90 Å². The van der Waals surface area contributed by atoms with Gasteiger partial charge in [-0.25, -0.2) is 0 Å². The van der Waals surface area contributed by atoms with Gasteiger partial charge in [-0.15, -0.1) is 0 Å². The molecule has 2 rings (SSSR count). The first-order chi connectivity index (χ1) is 9.18. The molecule has 1 amide bonds. The molecule has 1 aliphatic rings. The summed E-state index contributed by atoms with van der Waals surface area (Å²) in [5.41, 5.74) is 1.83. The Morgan fingerprint density at radius 2 is 1.84 bits per heavy atom. The Balaban J connectivity index is 2.15. The summed E-state index contributed by atoms with van der Waals surface area (Å²) in [5, 5.41) is 0. The fourth-order valence-corrected chi connectivity index (χ4v) is 2.64. The molecule has 1 fully saturated rings. The summed E-state index contributed by atoms with van der Waals surface area (Å²) in [6.07, 6.45) is 11.1. The third-order valence-corrected chi connectivity index (χ3v) is 3.80. The van der Waals surface area contributed by atoms with Crippen molar-refractivity contribution in [2.24, 2.45) is 5.92 Å². The van der Waals surface area contributed by atoms with Crippen LogP contribution in [0.3, 0.4) is 0 Å². The predicted octanol–water partition coefficient (Wildman–Crippen LogP) is 3.98. The average molecular weight is 257 g/mol. The molecule has 0 spiro atoms. The number of hydrogen-bond donors (Lipinski definition) is 0. The van der Waals surface area contributed by atoms with Crippen molar-refractivity contribution in [3.8, 4) is 0 Å². The summed E-state index contributed by atoms with van der Waals surface area (Å²) >= 11 is 0. The van der Waals surface area contributed by atoms with Gasteiger partial charge in [-0.2, -0.15) is 0 Å². The highest BCUT2D eigenvalue weighted by atomic mass is 16.2. The van der Waals surface area contributed by atoms with Crippen LogP contribution in [0.25, 0.3) is 6.08 Å². The lowest BCUT2D eigenvalue weighted by atomic mass is 9.88. The zero-order valence-corrected chi connectivity index (χ0v) is 11.9. The van der Waals surface area contributed by atoms with Gasteiger partial charge in [0.2, 0.25) is 0 Å². The minimum absolute atomic E-state index is 0.0731. The number of benzene rings is 1. The number of nitrogens with zero attached hydrogens (tertiary/aromatic N) is 1. The summed E-state index contributed by atoms with van der Waals surface area (Å²) in [6, 6.07) is 7.85. The van der Waals surface area contributed by atoms with Gasteiger partial charge in [-0.1, -0.05) is 49.6 Å². The fourth-order valence-electron chi connectivity index (χ4n) is 2.64. The number of carbonyl (C=O) groups excluding carboxylic acids is 1. The second-order valence-corrected chi connectivity index (χ2v) is 5.54. The maximum absolute atomic E-state index is 12.1. The third-order valence-electron chi connectivity index (χ3n) is 3.80. The van der Waals surface area contributed by atoms with Crippen LogP contribution in [-0.4, -0.2) is 24.9 Å². The lowest BCUT2D eigenvalue weighted by Gasteiger charge is -2.18. The second-order valence-electron chi connectivity index (χ2n) is 5.54. The molecule has 0 N–H and O–H groups in total. The Morgan fingerprint density at radius 3 is 2.53 bits per heavy atom. The van der Waals surface area contributed by atoms with Crippen molar-refractivity contribution in [3.05, 3.63) is 41.5 Å². The van der Waals surface area contributed by atoms with E-state index in [0.717, 1.165) is 11.1 Å². The Labute approximate surface area is 116 Å². The molecule has 102 valence electrons. The first-order valence-corrected chi connectivity index (χ1v) is 7.17. The molecule has 2 heteroatoms. The molecule has 0 unspecified atom stereocenters. The van der Waals surface area contributed by atoms with Crippen LogP contribution in [0.15, 0.2) is 30.3 Å². The molecule has 19 heavy (non-hydrogen) atoms. The van der Waals surface area contributed by atoms with Crippen molar-refractivity contribution in [3.63, 3.8) is 0 Å². The van der Waals surface area contributed by atoms with Crippen LogP contribution in [0.5, 0.6) is 0 Å². The highest BCUT2D eigenvalue weighted by Gasteiger charge is 2.12. The van der Waals surface area contributed by atoms with E-state index in [-0.39, 0.29) is 5.91 Å². The molecule has 1 saturated carbocycles. The number of carbonyl (C=O) groups is 1. The molecular weight excluding hydrogens is 234 g/mol. The van der Waals surface area contributed by atoms with Crippen LogP contribution in [0.4, 0.5) is 0 Å². The monoisotopic (exact) mass is 257 g/mol. The van der Waals surface area contributed by atoms with Gasteiger partial charge >= 0.3 is 0 Å². The van der Waals surface area contributed by atoms with Gasteiger partial charge in [-0.05, 0) is 30.4 Å². The number of amides is 1. The number of hydrogen-bond acceptors (Lipinski definition) is 1. The highest BCUT2D eigenvalue weighted by Crippen LogP contribution is 2.25. The first kappa shape index (κ1) is 13.9. The second kappa shape index (κ2) is 6.55. The van der Waals surface area contributed by atoms with Crippen molar-refractivity contribution < 1.29 is 4.79 Å². The van der Waals surface area contributed by atoms with E-state index < -0.39 is 0 Å². The Hall–Kier alpha value is -1.57. The van der Waals surface area contributed by atoms with E-state index in [2.05, 4.69) is 12.2 Å². The minimum Gasteiger partial charge on any atom is -0.345 e. The van der Waals surface area contributed by atoms with Crippen molar-refractivity contribution in [2.45, 2.75) is 32.1 Å². The van der Waals surface area contributed by atoms with Crippen molar-refractivity contribution >= 4 is 12.0 Å². The average Bonchev–Trinajstić information content (AvgIpc) is 2.45. The van der Waals surface area contributed by atoms with Gasteiger partial charge in [0, 0.05) is 19.7 Å². The fraction of sp³-hybridized carbons (Fsp3) is 0.471. The molecule has 2 nitrogen and oxygen atoms in total. The van der Waals surface area contributed by atoms with Crippen LogP contribution in [0.1, 0.15) is 48.0 Å². The van der Waals surface area contributed by atoms with Gasteiger partial charge in [0.25, 0.3) is 5.91 Å². The number of allylic oxidation sites excluding steroid dienone is 1. The molecule has 0 heterocycles. The van der Waals surface area contributed by atoms with Crippen LogP contribution < -0.4 is 0 Å². The molecule has 0 radical (unpaired) electrons. The van der Waals surface area contributed by atoms with Gasteiger partial charge in [0.1, 0.15) is 0 Å². The van der Waals surface area contributed by atoms with Crippen LogP contribution in [0, 0.1) is 5.92 Å². The quantitative estimate of drug-likeness (QED) is 0.802. The van der Waals surface area contributed by atoms with Gasteiger partial charge in [0.15, 0.2) is 0 Å². The maximum Gasteiger partial charge on any atom is 0.253 e. The summed E-state index contributed by atoms with van der Waals surface area (Å²) in [4.78, 5) is 13.7. The van der Waals surface area contributed by atoms with Gasteiger partial charge in [-0.3, -0.25) is 4.79 Å². The molecule has 0 bridgehead atoms. The Morgan fingerprint density at radius 1 is 1.16 bits per heavy atom. The summed E-state index contributed by atoms with van der Waals surface area (Å²) in [6.45, 7) is 0. The molecule has 0 atom stereocenters. The normalized spacial score (nSPS) is 16.7. The van der Waals surface area contributed by atoms with E-state index in [9.17, 15) is 4.79 Å². The topological polar surface area (TPSA) is 20.3 Å². The van der Waals surface area contributed by atoms with Gasteiger partial charge < -0.3 is 4.90 Å². The van der Waals surface area contributed by atoms with E-state index in [1.165, 1.54) is 32.1 Å². The molecule has 1 aromatic carbocycles. The zero-order chi connectivity index (χ0) is 13.7. The standard InChI is InChI=1S/C17H23NO/c1-18(2)17(19)16-11-7-6-10-15(16)13-12-14-8-4-3-5-9-14/h6-7,10-14H,3-5,8-9H2,1-2H3/b13-12+. The van der Waals surface area contributed by atoms with Crippen molar-refractivity contribution in [2.75, 3.05) is 14.1 Å². The summed E-state index contributed by atoms with van der Waals surface area (Å²) < 4.78 is 0. The molecular formula is C17H23NO. The molecule has 1 aromatic rings. The van der Waals surface area contributed by atoms with E-state index in [1.54, 1.807) is 19.0 Å². The van der Waals surface area contributed by atoms with Crippen molar-refractivity contribution in [1.29, 1.82) is 0 Å². The minimum atomic E-state index is 0.0731. The maximum atomic E-state index is 12.1. The van der Waals surface area contributed by atoms with Crippen LogP contribution >= 0.6 is 0 Å². The molecule has 0 aliphatic heterocycles. The summed E-state index contributed by atoms with van der Waals surface area (Å²) in [5.74, 6) is 0.764. The van der Waals surface area contributed by atoms with Crippen LogP contribution in [0.2, 0.25) is 0 Å². The smallest absolute Gasteiger partial charge is 0.253 e. The zero-order valence-electron chi connectivity index (χ0n) is 11.9.